The van der Waals surface area contributed by atoms with Crippen molar-refractivity contribution in [3.63, 3.8) is 0 Å². The molecule has 0 bridgehead atoms. The van der Waals surface area contributed by atoms with Gasteiger partial charge in [-0.15, -0.1) is 0 Å². The lowest BCUT2D eigenvalue weighted by atomic mass is 10.0. The zero-order valence-corrected chi connectivity index (χ0v) is 12.2. The molecule has 0 aromatic heterocycles. The Morgan fingerprint density at radius 1 is 1.41 bits per heavy atom. The number of nitrogens with one attached hydrogen (secondary N) is 1. The fourth-order valence-corrected chi connectivity index (χ4v) is 2.95. The predicted octanol–water partition coefficient (Wildman–Crippen LogP) is 3.19. The summed E-state index contributed by atoms with van der Waals surface area (Å²) in [6.07, 6.45) is 2.43. The third-order valence-electron chi connectivity index (χ3n) is 3.74. The van der Waals surface area contributed by atoms with Crippen LogP contribution in [-0.4, -0.2) is 31.1 Å². The van der Waals surface area contributed by atoms with Crippen molar-refractivity contribution in [3.8, 4) is 0 Å². The number of nitrogens with zero attached hydrogens (tertiary/aromatic N) is 1. The summed E-state index contributed by atoms with van der Waals surface area (Å²) >= 11 is 3.50. The molecule has 94 valence electrons. The highest BCUT2D eigenvalue weighted by Gasteiger charge is 2.25. The minimum Gasteiger partial charge on any atom is -0.315 e. The molecule has 1 N–H and O–H groups in total. The summed E-state index contributed by atoms with van der Waals surface area (Å²) in [6, 6.07) is 9.96. The van der Waals surface area contributed by atoms with Gasteiger partial charge in [0.1, 0.15) is 0 Å². The van der Waals surface area contributed by atoms with Crippen molar-refractivity contribution in [2.45, 2.75) is 31.8 Å². The molecule has 1 saturated heterocycles. The largest absolute Gasteiger partial charge is 0.315 e. The van der Waals surface area contributed by atoms with Crippen LogP contribution in [0.1, 0.15) is 31.4 Å². The van der Waals surface area contributed by atoms with Crippen LogP contribution >= 0.6 is 15.9 Å². The predicted molar refractivity (Wildman–Crippen MR) is 76.2 cm³/mol. The number of rotatable bonds is 4. The van der Waals surface area contributed by atoms with E-state index in [2.05, 4.69) is 64.4 Å². The normalized spacial score (nSPS) is 22.0. The van der Waals surface area contributed by atoms with Crippen LogP contribution in [0.2, 0.25) is 0 Å². The first-order valence-corrected chi connectivity index (χ1v) is 7.19. The average molecular weight is 297 g/mol. The van der Waals surface area contributed by atoms with Crippen LogP contribution in [-0.2, 0) is 0 Å². The summed E-state index contributed by atoms with van der Waals surface area (Å²) in [5.41, 5.74) is 1.42. The number of hydrogen-bond acceptors (Lipinski definition) is 2. The Hall–Kier alpha value is -0.380. The maximum Gasteiger partial charge on any atom is 0.0345 e. The van der Waals surface area contributed by atoms with E-state index >= 15 is 0 Å². The molecule has 2 unspecified atom stereocenters. The molecule has 0 amide bonds. The van der Waals surface area contributed by atoms with Crippen LogP contribution in [0.15, 0.2) is 28.7 Å². The highest BCUT2D eigenvalue weighted by atomic mass is 79.9. The van der Waals surface area contributed by atoms with Crippen LogP contribution in [0.4, 0.5) is 0 Å². The maximum absolute atomic E-state index is 3.50. The topological polar surface area (TPSA) is 15.3 Å². The summed E-state index contributed by atoms with van der Waals surface area (Å²) in [5, 5.41) is 3.44. The Bertz CT molecular complexity index is 344. The Kier molecular flexibility index (Phi) is 4.60. The van der Waals surface area contributed by atoms with Gasteiger partial charge < -0.3 is 5.32 Å². The SMILES string of the molecule is CCC(c1ccc(Br)cc1)N(C)C1CCNC1. The number of halogens is 1. The van der Waals surface area contributed by atoms with Gasteiger partial charge in [0.25, 0.3) is 0 Å². The van der Waals surface area contributed by atoms with E-state index in [4.69, 9.17) is 0 Å². The highest BCUT2D eigenvalue weighted by molar-refractivity contribution is 9.10. The number of benzene rings is 1. The molecule has 1 heterocycles. The second kappa shape index (κ2) is 5.98. The monoisotopic (exact) mass is 296 g/mol. The zero-order chi connectivity index (χ0) is 12.3. The lowest BCUT2D eigenvalue weighted by Gasteiger charge is -2.32. The number of hydrogen-bond donors (Lipinski definition) is 1. The standard InChI is InChI=1S/C14H21BrN2/c1-3-14(11-4-6-12(15)7-5-11)17(2)13-8-9-16-10-13/h4-7,13-14,16H,3,8-10H2,1-2H3. The summed E-state index contributed by atoms with van der Waals surface area (Å²) in [4.78, 5) is 2.53. The lowest BCUT2D eigenvalue weighted by molar-refractivity contribution is 0.179. The van der Waals surface area contributed by atoms with Gasteiger partial charge in [-0.05, 0) is 44.1 Å². The molecular formula is C14H21BrN2. The van der Waals surface area contributed by atoms with Crippen LogP contribution in [0.3, 0.4) is 0 Å². The van der Waals surface area contributed by atoms with Gasteiger partial charge in [-0.25, -0.2) is 0 Å². The maximum atomic E-state index is 3.50. The molecule has 3 heteroatoms. The Morgan fingerprint density at radius 3 is 2.65 bits per heavy atom. The van der Waals surface area contributed by atoms with Gasteiger partial charge >= 0.3 is 0 Å². The van der Waals surface area contributed by atoms with E-state index in [0.717, 1.165) is 24.0 Å². The number of likely N-dealkylation sites (N-methyl/N-ethyl adjacent to an activating group) is 1. The third kappa shape index (κ3) is 3.09. The molecule has 2 atom stereocenters. The molecule has 0 radical (unpaired) electrons. The first kappa shape index (κ1) is 13.1. The van der Waals surface area contributed by atoms with Gasteiger partial charge in [-0.1, -0.05) is 35.0 Å². The van der Waals surface area contributed by atoms with E-state index in [1.807, 2.05) is 0 Å². The van der Waals surface area contributed by atoms with Gasteiger partial charge in [0.05, 0.1) is 0 Å². The summed E-state index contributed by atoms with van der Waals surface area (Å²) in [5.74, 6) is 0. The van der Waals surface area contributed by atoms with E-state index in [1.165, 1.54) is 12.0 Å². The molecule has 1 aliphatic heterocycles. The summed E-state index contributed by atoms with van der Waals surface area (Å²) in [7, 11) is 2.26. The van der Waals surface area contributed by atoms with Crippen LogP contribution in [0.5, 0.6) is 0 Å². The van der Waals surface area contributed by atoms with Crippen LogP contribution < -0.4 is 5.32 Å². The quantitative estimate of drug-likeness (QED) is 0.918. The molecule has 0 saturated carbocycles. The van der Waals surface area contributed by atoms with Gasteiger partial charge in [0.15, 0.2) is 0 Å². The Balaban J connectivity index is 2.11. The van der Waals surface area contributed by atoms with Crippen molar-refractivity contribution in [2.75, 3.05) is 20.1 Å². The molecule has 1 aromatic rings. The molecule has 17 heavy (non-hydrogen) atoms. The zero-order valence-electron chi connectivity index (χ0n) is 10.6. The Labute approximate surface area is 113 Å². The first-order valence-electron chi connectivity index (χ1n) is 6.40. The van der Waals surface area contributed by atoms with Crippen LogP contribution in [0.25, 0.3) is 0 Å². The second-order valence-corrected chi connectivity index (χ2v) is 5.70. The van der Waals surface area contributed by atoms with Crippen molar-refractivity contribution in [2.24, 2.45) is 0 Å². The van der Waals surface area contributed by atoms with E-state index in [-0.39, 0.29) is 0 Å². The van der Waals surface area contributed by atoms with E-state index in [1.54, 1.807) is 0 Å². The van der Waals surface area contributed by atoms with E-state index in [9.17, 15) is 0 Å². The third-order valence-corrected chi connectivity index (χ3v) is 4.27. The first-order chi connectivity index (χ1) is 8.22. The van der Waals surface area contributed by atoms with Crippen molar-refractivity contribution in [3.05, 3.63) is 34.3 Å². The fraction of sp³-hybridized carbons (Fsp3) is 0.571. The molecule has 1 aliphatic rings. The van der Waals surface area contributed by atoms with E-state index < -0.39 is 0 Å². The van der Waals surface area contributed by atoms with Crippen molar-refractivity contribution in [1.82, 2.24) is 10.2 Å². The average Bonchev–Trinajstić information content (AvgIpc) is 2.86. The second-order valence-electron chi connectivity index (χ2n) is 4.79. The van der Waals surface area contributed by atoms with Gasteiger partial charge in [0.2, 0.25) is 0 Å². The highest BCUT2D eigenvalue weighted by Crippen LogP contribution is 2.27. The minimum absolute atomic E-state index is 0.535. The molecule has 2 rings (SSSR count). The summed E-state index contributed by atoms with van der Waals surface area (Å²) in [6.45, 7) is 4.56. The minimum atomic E-state index is 0.535. The molecule has 1 aromatic carbocycles. The summed E-state index contributed by atoms with van der Waals surface area (Å²) < 4.78 is 1.15. The Morgan fingerprint density at radius 2 is 2.12 bits per heavy atom. The van der Waals surface area contributed by atoms with E-state index in [0.29, 0.717) is 12.1 Å². The smallest absolute Gasteiger partial charge is 0.0345 e. The molecular weight excluding hydrogens is 276 g/mol. The van der Waals surface area contributed by atoms with Crippen LogP contribution in [0, 0.1) is 0 Å². The van der Waals surface area contributed by atoms with Gasteiger partial charge in [0, 0.05) is 23.1 Å². The lowest BCUT2D eigenvalue weighted by Crippen LogP contribution is -2.36. The fourth-order valence-electron chi connectivity index (χ4n) is 2.69. The van der Waals surface area contributed by atoms with Crippen molar-refractivity contribution in [1.29, 1.82) is 0 Å². The molecule has 0 aliphatic carbocycles. The molecule has 0 spiro atoms. The van der Waals surface area contributed by atoms with Gasteiger partial charge in [-0.3, -0.25) is 4.90 Å². The molecule has 2 nitrogen and oxygen atoms in total. The van der Waals surface area contributed by atoms with Crippen molar-refractivity contribution >= 4 is 15.9 Å². The molecule has 1 fully saturated rings. The van der Waals surface area contributed by atoms with Crippen molar-refractivity contribution < 1.29 is 0 Å². The van der Waals surface area contributed by atoms with Gasteiger partial charge in [-0.2, -0.15) is 0 Å².